The van der Waals surface area contributed by atoms with Gasteiger partial charge in [0.15, 0.2) is 0 Å². The number of hydrogen-bond acceptors (Lipinski definition) is 1. The minimum atomic E-state index is 0.559. The smallest absolute Gasteiger partial charge is 0.0684 e. The number of hydrogen-bond donors (Lipinski definition) is 0. The third-order valence-electron chi connectivity index (χ3n) is 3.21. The van der Waals surface area contributed by atoms with E-state index in [0.717, 1.165) is 5.69 Å². The molecule has 0 fully saturated rings. The van der Waals surface area contributed by atoms with Gasteiger partial charge in [0.1, 0.15) is 0 Å². The first-order valence-electron chi connectivity index (χ1n) is 6.10. The van der Waals surface area contributed by atoms with Gasteiger partial charge in [-0.05, 0) is 43.0 Å². The van der Waals surface area contributed by atoms with Gasteiger partial charge in [0.25, 0.3) is 0 Å². The van der Waals surface area contributed by atoms with Crippen LogP contribution in [0.25, 0.3) is 11.3 Å². The van der Waals surface area contributed by atoms with E-state index >= 15 is 0 Å². The first-order chi connectivity index (χ1) is 7.99. The molecule has 2 rings (SSSR count). The first-order valence-corrected chi connectivity index (χ1v) is 6.10. The summed E-state index contributed by atoms with van der Waals surface area (Å²) in [6.07, 6.45) is 0. The van der Waals surface area contributed by atoms with Gasteiger partial charge in [0.2, 0.25) is 0 Å². The van der Waals surface area contributed by atoms with E-state index in [0.29, 0.717) is 5.92 Å². The highest BCUT2D eigenvalue weighted by Gasteiger charge is 2.10. The molecule has 2 aromatic rings. The van der Waals surface area contributed by atoms with E-state index in [1.165, 1.54) is 22.4 Å². The maximum atomic E-state index is 4.42. The zero-order valence-corrected chi connectivity index (χ0v) is 11.3. The van der Waals surface area contributed by atoms with Crippen molar-refractivity contribution in [2.45, 2.75) is 33.6 Å². The molecule has 2 nitrogen and oxygen atoms in total. The molecule has 0 amide bonds. The molecule has 17 heavy (non-hydrogen) atoms. The summed E-state index contributed by atoms with van der Waals surface area (Å²) in [6.45, 7) is 8.64. The van der Waals surface area contributed by atoms with Gasteiger partial charge in [-0.25, -0.2) is 0 Å². The Balaban J connectivity index is 2.58. The van der Waals surface area contributed by atoms with Crippen LogP contribution in [0.3, 0.4) is 0 Å². The first kappa shape index (κ1) is 11.9. The van der Waals surface area contributed by atoms with E-state index in [1.807, 2.05) is 18.7 Å². The summed E-state index contributed by atoms with van der Waals surface area (Å²) in [7, 11) is 2.00. The van der Waals surface area contributed by atoms with Crippen LogP contribution in [0.2, 0.25) is 0 Å². The Kier molecular flexibility index (Phi) is 3.05. The van der Waals surface area contributed by atoms with Crippen molar-refractivity contribution < 1.29 is 0 Å². The summed E-state index contributed by atoms with van der Waals surface area (Å²) >= 11 is 0. The Morgan fingerprint density at radius 2 is 1.82 bits per heavy atom. The Morgan fingerprint density at radius 3 is 2.35 bits per heavy atom. The van der Waals surface area contributed by atoms with Crippen molar-refractivity contribution in [3.8, 4) is 11.3 Å². The normalized spacial score (nSPS) is 11.2. The summed E-state index contributed by atoms with van der Waals surface area (Å²) in [4.78, 5) is 0. The molecule has 0 aliphatic heterocycles. The molecular weight excluding hydrogens is 208 g/mol. The lowest BCUT2D eigenvalue weighted by Crippen LogP contribution is -1.97. The van der Waals surface area contributed by atoms with Gasteiger partial charge in [0, 0.05) is 12.6 Å². The van der Waals surface area contributed by atoms with Crippen LogP contribution in [0.4, 0.5) is 0 Å². The molecule has 90 valence electrons. The van der Waals surface area contributed by atoms with Crippen LogP contribution in [0, 0.1) is 13.8 Å². The fourth-order valence-corrected chi connectivity index (χ4v) is 2.14. The quantitative estimate of drug-likeness (QED) is 0.764. The average molecular weight is 228 g/mol. The van der Waals surface area contributed by atoms with Crippen LogP contribution >= 0.6 is 0 Å². The molecule has 0 aliphatic carbocycles. The van der Waals surface area contributed by atoms with Crippen molar-refractivity contribution in [1.29, 1.82) is 0 Å². The highest BCUT2D eigenvalue weighted by Crippen LogP contribution is 2.27. The van der Waals surface area contributed by atoms with Crippen LogP contribution in [0.5, 0.6) is 0 Å². The number of benzene rings is 1. The molecular formula is C15H20N2. The van der Waals surface area contributed by atoms with Gasteiger partial charge in [-0.2, -0.15) is 5.10 Å². The standard InChI is InChI=1S/C15H20N2/c1-10(2)13-7-6-11(3)14(9-13)15-8-12(4)16-17(15)5/h6-10H,1-5H3. The maximum Gasteiger partial charge on any atom is 0.0684 e. The number of aryl methyl sites for hydroxylation is 3. The molecule has 0 N–H and O–H groups in total. The minimum Gasteiger partial charge on any atom is -0.268 e. The summed E-state index contributed by atoms with van der Waals surface area (Å²) in [5.41, 5.74) is 6.24. The molecule has 1 aromatic carbocycles. The van der Waals surface area contributed by atoms with Gasteiger partial charge in [-0.15, -0.1) is 0 Å². The molecule has 0 saturated carbocycles. The number of rotatable bonds is 2. The van der Waals surface area contributed by atoms with Gasteiger partial charge in [-0.3, -0.25) is 4.68 Å². The van der Waals surface area contributed by atoms with E-state index < -0.39 is 0 Å². The molecule has 1 heterocycles. The van der Waals surface area contributed by atoms with E-state index in [1.54, 1.807) is 0 Å². The molecule has 2 heteroatoms. The van der Waals surface area contributed by atoms with Crippen LogP contribution in [-0.2, 0) is 7.05 Å². The maximum absolute atomic E-state index is 4.42. The molecule has 0 aliphatic rings. The van der Waals surface area contributed by atoms with Crippen molar-refractivity contribution >= 4 is 0 Å². The van der Waals surface area contributed by atoms with E-state index in [9.17, 15) is 0 Å². The number of nitrogens with zero attached hydrogens (tertiary/aromatic N) is 2. The Morgan fingerprint density at radius 1 is 1.12 bits per heavy atom. The van der Waals surface area contributed by atoms with Crippen LogP contribution < -0.4 is 0 Å². The molecule has 0 saturated heterocycles. The van der Waals surface area contributed by atoms with Crippen molar-refractivity contribution in [3.05, 3.63) is 41.1 Å². The van der Waals surface area contributed by atoms with E-state index in [4.69, 9.17) is 0 Å². The van der Waals surface area contributed by atoms with Gasteiger partial charge >= 0.3 is 0 Å². The summed E-state index contributed by atoms with van der Waals surface area (Å²) in [5.74, 6) is 0.559. The topological polar surface area (TPSA) is 17.8 Å². The lowest BCUT2D eigenvalue weighted by atomic mass is 9.96. The molecule has 0 spiro atoms. The van der Waals surface area contributed by atoms with Crippen molar-refractivity contribution in [2.24, 2.45) is 7.05 Å². The van der Waals surface area contributed by atoms with E-state index in [2.05, 4.69) is 50.1 Å². The molecule has 0 unspecified atom stereocenters. The van der Waals surface area contributed by atoms with Crippen molar-refractivity contribution in [3.63, 3.8) is 0 Å². The van der Waals surface area contributed by atoms with Crippen molar-refractivity contribution in [2.75, 3.05) is 0 Å². The van der Waals surface area contributed by atoms with E-state index in [-0.39, 0.29) is 0 Å². The van der Waals surface area contributed by atoms with Gasteiger partial charge in [0.05, 0.1) is 11.4 Å². The Labute approximate surface area is 103 Å². The Bertz CT molecular complexity index is 536. The zero-order chi connectivity index (χ0) is 12.6. The lowest BCUT2D eigenvalue weighted by molar-refractivity contribution is 0.763. The highest BCUT2D eigenvalue weighted by molar-refractivity contribution is 5.65. The average Bonchev–Trinajstić information content (AvgIpc) is 2.58. The Hall–Kier alpha value is -1.57. The SMILES string of the molecule is Cc1cc(-c2cc(C(C)C)ccc2C)n(C)n1. The van der Waals surface area contributed by atoms with Crippen LogP contribution in [-0.4, -0.2) is 9.78 Å². The minimum absolute atomic E-state index is 0.559. The second-order valence-corrected chi connectivity index (χ2v) is 5.02. The predicted molar refractivity (Wildman–Crippen MR) is 72.2 cm³/mol. The monoisotopic (exact) mass is 228 g/mol. The summed E-state index contributed by atoms with van der Waals surface area (Å²) < 4.78 is 1.96. The second-order valence-electron chi connectivity index (χ2n) is 5.02. The second kappa shape index (κ2) is 4.36. The predicted octanol–water partition coefficient (Wildman–Crippen LogP) is 3.83. The molecule has 0 radical (unpaired) electrons. The number of aromatic nitrogens is 2. The highest BCUT2D eigenvalue weighted by atomic mass is 15.3. The molecule has 0 atom stereocenters. The summed E-state index contributed by atoms with van der Waals surface area (Å²) in [5, 5.41) is 4.42. The van der Waals surface area contributed by atoms with Gasteiger partial charge in [-0.1, -0.05) is 26.0 Å². The van der Waals surface area contributed by atoms with Gasteiger partial charge < -0.3 is 0 Å². The largest absolute Gasteiger partial charge is 0.268 e. The third kappa shape index (κ3) is 2.26. The summed E-state index contributed by atoms with van der Waals surface area (Å²) in [6, 6.07) is 8.85. The molecule has 0 bridgehead atoms. The van der Waals surface area contributed by atoms with Crippen LogP contribution in [0.15, 0.2) is 24.3 Å². The third-order valence-corrected chi connectivity index (χ3v) is 3.21. The molecule has 1 aromatic heterocycles. The zero-order valence-electron chi connectivity index (χ0n) is 11.3. The fourth-order valence-electron chi connectivity index (χ4n) is 2.14. The fraction of sp³-hybridized carbons (Fsp3) is 0.400. The van der Waals surface area contributed by atoms with Crippen molar-refractivity contribution in [1.82, 2.24) is 9.78 Å². The van der Waals surface area contributed by atoms with Crippen LogP contribution in [0.1, 0.15) is 36.6 Å². The lowest BCUT2D eigenvalue weighted by Gasteiger charge is -2.11.